The molecule has 1 aromatic carbocycles. The highest BCUT2D eigenvalue weighted by Crippen LogP contribution is 2.17. The van der Waals surface area contributed by atoms with Gasteiger partial charge in [-0.2, -0.15) is 0 Å². The molecule has 0 atom stereocenters. The maximum absolute atomic E-state index is 4.48. The van der Waals surface area contributed by atoms with Crippen LogP contribution in [0.4, 0.5) is 0 Å². The number of nitrogens with one attached hydrogen (secondary N) is 1. The van der Waals surface area contributed by atoms with E-state index in [-0.39, 0.29) is 0 Å². The predicted molar refractivity (Wildman–Crippen MR) is 64.9 cm³/mol. The van der Waals surface area contributed by atoms with Crippen LogP contribution < -0.4 is 5.32 Å². The molecular formula is C11H12BrN3. The van der Waals surface area contributed by atoms with Crippen LogP contribution in [0, 0.1) is 0 Å². The molecule has 1 N–H and O–H groups in total. The van der Waals surface area contributed by atoms with Gasteiger partial charge >= 0.3 is 0 Å². The summed E-state index contributed by atoms with van der Waals surface area (Å²) in [7, 11) is 1.93. The molecule has 0 bridgehead atoms. The van der Waals surface area contributed by atoms with E-state index in [2.05, 4.69) is 31.2 Å². The first-order valence-electron chi connectivity index (χ1n) is 4.85. The summed E-state index contributed by atoms with van der Waals surface area (Å²) in [4.78, 5) is 8.80. The SMILES string of the molecule is CNCCc1ncc2cc(Br)ccc2n1. The van der Waals surface area contributed by atoms with Crippen LogP contribution in [0.25, 0.3) is 10.9 Å². The zero-order chi connectivity index (χ0) is 10.7. The van der Waals surface area contributed by atoms with Crippen LogP contribution in [0.15, 0.2) is 28.9 Å². The Bertz CT molecular complexity index is 470. The zero-order valence-electron chi connectivity index (χ0n) is 8.50. The number of hydrogen-bond acceptors (Lipinski definition) is 3. The van der Waals surface area contributed by atoms with E-state index in [4.69, 9.17) is 0 Å². The Kier molecular flexibility index (Phi) is 3.28. The summed E-state index contributed by atoms with van der Waals surface area (Å²) in [6, 6.07) is 6.03. The van der Waals surface area contributed by atoms with Crippen LogP contribution in [0.3, 0.4) is 0 Å². The first-order valence-corrected chi connectivity index (χ1v) is 5.64. The van der Waals surface area contributed by atoms with E-state index >= 15 is 0 Å². The molecule has 78 valence electrons. The molecule has 4 heteroatoms. The van der Waals surface area contributed by atoms with Gasteiger partial charge in [0.1, 0.15) is 5.82 Å². The van der Waals surface area contributed by atoms with Crippen molar-refractivity contribution in [2.45, 2.75) is 6.42 Å². The van der Waals surface area contributed by atoms with Gasteiger partial charge in [-0.3, -0.25) is 0 Å². The number of aromatic nitrogens is 2. The maximum Gasteiger partial charge on any atom is 0.130 e. The topological polar surface area (TPSA) is 37.8 Å². The lowest BCUT2D eigenvalue weighted by molar-refractivity contribution is 0.759. The zero-order valence-corrected chi connectivity index (χ0v) is 10.1. The molecule has 1 heterocycles. The Morgan fingerprint density at radius 2 is 2.27 bits per heavy atom. The first-order chi connectivity index (χ1) is 7.29. The third-order valence-corrected chi connectivity index (χ3v) is 2.68. The highest BCUT2D eigenvalue weighted by atomic mass is 79.9. The third-order valence-electron chi connectivity index (χ3n) is 2.19. The van der Waals surface area contributed by atoms with E-state index < -0.39 is 0 Å². The largest absolute Gasteiger partial charge is 0.319 e. The molecule has 0 aliphatic heterocycles. The highest BCUT2D eigenvalue weighted by molar-refractivity contribution is 9.10. The van der Waals surface area contributed by atoms with Gasteiger partial charge in [0.25, 0.3) is 0 Å². The molecule has 3 nitrogen and oxygen atoms in total. The molecular weight excluding hydrogens is 254 g/mol. The predicted octanol–water partition coefficient (Wildman–Crippen LogP) is 2.15. The molecule has 0 aliphatic rings. The summed E-state index contributed by atoms with van der Waals surface area (Å²) in [5.41, 5.74) is 0.999. The van der Waals surface area contributed by atoms with Crippen LogP contribution >= 0.6 is 15.9 Å². The quantitative estimate of drug-likeness (QED) is 0.925. The molecule has 2 rings (SSSR count). The van der Waals surface area contributed by atoms with Gasteiger partial charge in [0.05, 0.1) is 5.52 Å². The van der Waals surface area contributed by atoms with Crippen molar-refractivity contribution in [3.8, 4) is 0 Å². The normalized spacial score (nSPS) is 10.8. The van der Waals surface area contributed by atoms with Crippen molar-refractivity contribution in [1.82, 2.24) is 15.3 Å². The number of hydrogen-bond donors (Lipinski definition) is 1. The summed E-state index contributed by atoms with van der Waals surface area (Å²) in [5.74, 6) is 0.888. The molecule has 0 unspecified atom stereocenters. The molecule has 0 radical (unpaired) electrons. The number of fused-ring (bicyclic) bond motifs is 1. The van der Waals surface area contributed by atoms with Crippen LogP contribution in [-0.4, -0.2) is 23.6 Å². The van der Waals surface area contributed by atoms with Gasteiger partial charge in [-0.05, 0) is 25.2 Å². The highest BCUT2D eigenvalue weighted by Gasteiger charge is 1.99. The van der Waals surface area contributed by atoms with E-state index in [9.17, 15) is 0 Å². The Morgan fingerprint density at radius 1 is 1.40 bits per heavy atom. The number of likely N-dealkylation sites (N-methyl/N-ethyl adjacent to an activating group) is 1. The number of rotatable bonds is 3. The van der Waals surface area contributed by atoms with Gasteiger partial charge in [-0.1, -0.05) is 15.9 Å². The standard InChI is InChI=1S/C11H12BrN3/c1-13-5-4-11-14-7-8-6-9(12)2-3-10(8)15-11/h2-3,6-7,13H,4-5H2,1H3. The fraction of sp³-hybridized carbons (Fsp3) is 0.273. The number of benzene rings is 1. The molecule has 0 saturated carbocycles. The average Bonchev–Trinajstić information content (AvgIpc) is 2.26. The van der Waals surface area contributed by atoms with Crippen molar-refractivity contribution in [1.29, 1.82) is 0 Å². The average molecular weight is 266 g/mol. The molecule has 2 aromatic rings. The van der Waals surface area contributed by atoms with Crippen molar-refractivity contribution >= 4 is 26.8 Å². The maximum atomic E-state index is 4.48. The van der Waals surface area contributed by atoms with E-state index in [0.717, 1.165) is 34.2 Å². The fourth-order valence-electron chi connectivity index (χ4n) is 1.40. The number of nitrogens with zero attached hydrogens (tertiary/aromatic N) is 2. The van der Waals surface area contributed by atoms with Crippen molar-refractivity contribution in [2.24, 2.45) is 0 Å². The second-order valence-electron chi connectivity index (χ2n) is 3.34. The van der Waals surface area contributed by atoms with Gasteiger partial charge in [-0.25, -0.2) is 9.97 Å². The summed E-state index contributed by atoms with van der Waals surface area (Å²) in [6.07, 6.45) is 2.74. The molecule has 0 saturated heterocycles. The van der Waals surface area contributed by atoms with Crippen LogP contribution in [0.2, 0.25) is 0 Å². The van der Waals surface area contributed by atoms with Gasteiger partial charge in [0.15, 0.2) is 0 Å². The minimum absolute atomic E-state index is 0.864. The Morgan fingerprint density at radius 3 is 3.07 bits per heavy atom. The Hall–Kier alpha value is -1.00. The Balaban J connectivity index is 2.34. The summed E-state index contributed by atoms with van der Waals surface area (Å²) < 4.78 is 1.06. The number of halogens is 1. The lowest BCUT2D eigenvalue weighted by atomic mass is 10.2. The van der Waals surface area contributed by atoms with Crippen LogP contribution in [0.1, 0.15) is 5.82 Å². The molecule has 0 spiro atoms. The van der Waals surface area contributed by atoms with Crippen LogP contribution in [0.5, 0.6) is 0 Å². The summed E-state index contributed by atoms with van der Waals surface area (Å²) in [5, 5.41) is 4.15. The summed E-state index contributed by atoms with van der Waals surface area (Å²) >= 11 is 3.43. The van der Waals surface area contributed by atoms with Gasteiger partial charge in [-0.15, -0.1) is 0 Å². The van der Waals surface area contributed by atoms with Crippen LogP contribution in [-0.2, 0) is 6.42 Å². The van der Waals surface area contributed by atoms with E-state index in [1.165, 1.54) is 0 Å². The lowest BCUT2D eigenvalue weighted by Crippen LogP contribution is -2.12. The first kappa shape index (κ1) is 10.5. The Labute approximate surface area is 97.1 Å². The molecule has 1 aromatic heterocycles. The third kappa shape index (κ3) is 2.52. The molecule has 0 aliphatic carbocycles. The van der Waals surface area contributed by atoms with Crippen molar-refractivity contribution in [3.05, 3.63) is 34.7 Å². The van der Waals surface area contributed by atoms with Crippen molar-refractivity contribution in [2.75, 3.05) is 13.6 Å². The lowest BCUT2D eigenvalue weighted by Gasteiger charge is -2.02. The van der Waals surface area contributed by atoms with Crippen molar-refractivity contribution < 1.29 is 0 Å². The second-order valence-corrected chi connectivity index (χ2v) is 4.26. The van der Waals surface area contributed by atoms with E-state index in [0.29, 0.717) is 0 Å². The molecule has 0 amide bonds. The van der Waals surface area contributed by atoms with Gasteiger partial charge in [0, 0.05) is 29.0 Å². The minimum Gasteiger partial charge on any atom is -0.319 e. The smallest absolute Gasteiger partial charge is 0.130 e. The molecule has 0 fully saturated rings. The van der Waals surface area contributed by atoms with E-state index in [1.54, 1.807) is 0 Å². The fourth-order valence-corrected chi connectivity index (χ4v) is 1.78. The monoisotopic (exact) mass is 265 g/mol. The van der Waals surface area contributed by atoms with Gasteiger partial charge in [0.2, 0.25) is 0 Å². The van der Waals surface area contributed by atoms with Crippen molar-refractivity contribution in [3.63, 3.8) is 0 Å². The van der Waals surface area contributed by atoms with E-state index in [1.807, 2.05) is 31.4 Å². The minimum atomic E-state index is 0.864. The second kappa shape index (κ2) is 4.68. The summed E-state index contributed by atoms with van der Waals surface area (Å²) in [6.45, 7) is 0.905. The molecule has 15 heavy (non-hydrogen) atoms. The van der Waals surface area contributed by atoms with Gasteiger partial charge < -0.3 is 5.32 Å².